The van der Waals surface area contributed by atoms with E-state index in [1.165, 1.54) is 0 Å². The maximum absolute atomic E-state index is 12.0. The van der Waals surface area contributed by atoms with Crippen molar-refractivity contribution in [2.75, 3.05) is 23.8 Å². The highest BCUT2D eigenvalue weighted by atomic mass is 35.5. The van der Waals surface area contributed by atoms with Crippen molar-refractivity contribution in [3.63, 3.8) is 0 Å². The number of halogens is 2. The highest BCUT2D eigenvalue weighted by Crippen LogP contribution is 2.24. The van der Waals surface area contributed by atoms with Crippen molar-refractivity contribution >= 4 is 40.5 Å². The van der Waals surface area contributed by atoms with Gasteiger partial charge in [0, 0.05) is 11.4 Å². The van der Waals surface area contributed by atoms with E-state index in [0.29, 0.717) is 22.3 Å². The number of ether oxygens (including phenoxy) is 1. The second-order valence-electron chi connectivity index (χ2n) is 5.30. The third kappa shape index (κ3) is 5.80. The highest BCUT2D eigenvalue weighted by Gasteiger charge is 2.04. The van der Waals surface area contributed by atoms with Gasteiger partial charge in [-0.25, -0.2) is 0 Å². The van der Waals surface area contributed by atoms with E-state index in [2.05, 4.69) is 17.2 Å². The Balaban J connectivity index is 1.83. The minimum absolute atomic E-state index is 0.117. The molecule has 0 aliphatic rings. The number of amides is 1. The minimum Gasteiger partial charge on any atom is -0.489 e. The average molecular weight is 365 g/mol. The van der Waals surface area contributed by atoms with E-state index in [-0.39, 0.29) is 12.5 Å². The van der Waals surface area contributed by atoms with Crippen LogP contribution in [-0.2, 0) is 4.79 Å². The van der Waals surface area contributed by atoms with Gasteiger partial charge >= 0.3 is 0 Å². The maximum Gasteiger partial charge on any atom is 0.243 e. The molecule has 0 bridgehead atoms. The van der Waals surface area contributed by atoms with E-state index in [1.807, 2.05) is 6.92 Å². The fourth-order valence-corrected chi connectivity index (χ4v) is 2.13. The molecule has 0 fully saturated rings. The summed E-state index contributed by atoms with van der Waals surface area (Å²) in [6.45, 7) is 6.26. The summed E-state index contributed by atoms with van der Waals surface area (Å²) in [4.78, 5) is 12.0. The van der Waals surface area contributed by atoms with Gasteiger partial charge in [-0.1, -0.05) is 29.8 Å². The number of anilines is 2. The standard InChI is InChI=1S/C18H18Cl2N2O2/c1-12(2)11-24-15-6-3-13(4-7-15)22-18(23)10-21-14-5-8-16(19)17(20)9-14/h3-9,21H,1,10-11H2,2H3,(H,22,23). The molecule has 1 amide bonds. The molecule has 2 rings (SSSR count). The first-order valence-corrected chi connectivity index (χ1v) is 8.05. The molecule has 0 aliphatic heterocycles. The molecule has 2 aromatic rings. The number of hydrogen-bond donors (Lipinski definition) is 2. The van der Waals surface area contributed by atoms with Gasteiger partial charge in [0.25, 0.3) is 0 Å². The van der Waals surface area contributed by atoms with Crippen molar-refractivity contribution in [2.24, 2.45) is 0 Å². The van der Waals surface area contributed by atoms with Gasteiger partial charge in [-0.3, -0.25) is 4.79 Å². The molecule has 0 aromatic heterocycles. The van der Waals surface area contributed by atoms with E-state index < -0.39 is 0 Å². The smallest absolute Gasteiger partial charge is 0.243 e. The number of rotatable bonds is 7. The van der Waals surface area contributed by atoms with Crippen LogP contribution < -0.4 is 15.4 Å². The number of carbonyl (C=O) groups is 1. The monoisotopic (exact) mass is 364 g/mol. The Labute approximate surface area is 151 Å². The Morgan fingerprint density at radius 2 is 1.75 bits per heavy atom. The van der Waals surface area contributed by atoms with Crippen LogP contribution in [0.4, 0.5) is 11.4 Å². The third-order valence-electron chi connectivity index (χ3n) is 3.00. The first kappa shape index (κ1) is 18.2. The number of hydrogen-bond acceptors (Lipinski definition) is 3. The first-order valence-electron chi connectivity index (χ1n) is 7.30. The molecule has 0 saturated heterocycles. The Kier molecular flexibility index (Phi) is 6.53. The average Bonchev–Trinajstić information content (AvgIpc) is 2.55. The summed E-state index contributed by atoms with van der Waals surface area (Å²) in [6, 6.07) is 12.3. The van der Waals surface area contributed by atoms with Crippen molar-refractivity contribution in [3.8, 4) is 5.75 Å². The molecular formula is C18H18Cl2N2O2. The van der Waals surface area contributed by atoms with Crippen LogP contribution in [-0.4, -0.2) is 19.1 Å². The summed E-state index contributed by atoms with van der Waals surface area (Å²) in [6.07, 6.45) is 0. The van der Waals surface area contributed by atoms with E-state index >= 15 is 0 Å². The molecule has 2 N–H and O–H groups in total. The summed E-state index contributed by atoms with van der Waals surface area (Å²) < 4.78 is 5.51. The first-order chi connectivity index (χ1) is 11.4. The van der Waals surface area contributed by atoms with Gasteiger partial charge in [-0.2, -0.15) is 0 Å². The van der Waals surface area contributed by atoms with Gasteiger partial charge in [0.05, 0.1) is 16.6 Å². The minimum atomic E-state index is -0.170. The highest BCUT2D eigenvalue weighted by molar-refractivity contribution is 6.42. The SMILES string of the molecule is C=C(C)COc1ccc(NC(=O)CNc2ccc(Cl)c(Cl)c2)cc1. The van der Waals surface area contributed by atoms with Gasteiger partial charge in [0.2, 0.25) is 5.91 Å². The lowest BCUT2D eigenvalue weighted by Crippen LogP contribution is -2.21. The maximum atomic E-state index is 12.0. The zero-order valence-electron chi connectivity index (χ0n) is 13.2. The molecule has 24 heavy (non-hydrogen) atoms. The second kappa shape index (κ2) is 8.62. The molecule has 0 heterocycles. The summed E-state index contributed by atoms with van der Waals surface area (Å²) >= 11 is 11.8. The zero-order chi connectivity index (χ0) is 17.5. The van der Waals surface area contributed by atoms with Crippen LogP contribution in [0.2, 0.25) is 10.0 Å². The Hall–Kier alpha value is -2.17. The molecule has 126 valence electrons. The molecular weight excluding hydrogens is 347 g/mol. The summed E-state index contributed by atoms with van der Waals surface area (Å²) in [5.74, 6) is 0.557. The predicted molar refractivity (Wildman–Crippen MR) is 100 cm³/mol. The van der Waals surface area contributed by atoms with E-state index in [4.69, 9.17) is 27.9 Å². The largest absolute Gasteiger partial charge is 0.489 e. The molecule has 0 radical (unpaired) electrons. The van der Waals surface area contributed by atoms with E-state index in [1.54, 1.807) is 42.5 Å². The fraction of sp³-hybridized carbons (Fsp3) is 0.167. The van der Waals surface area contributed by atoms with Crippen molar-refractivity contribution < 1.29 is 9.53 Å². The third-order valence-corrected chi connectivity index (χ3v) is 3.74. The number of carbonyl (C=O) groups excluding carboxylic acids is 1. The lowest BCUT2D eigenvalue weighted by atomic mass is 10.3. The van der Waals surface area contributed by atoms with Gasteiger partial charge in [-0.15, -0.1) is 0 Å². The Morgan fingerprint density at radius 3 is 2.38 bits per heavy atom. The topological polar surface area (TPSA) is 50.4 Å². The van der Waals surface area contributed by atoms with Gasteiger partial charge in [0.15, 0.2) is 0 Å². The number of benzene rings is 2. The van der Waals surface area contributed by atoms with Crippen molar-refractivity contribution in [1.29, 1.82) is 0 Å². The predicted octanol–water partition coefficient (Wildman–Crippen LogP) is 5.00. The van der Waals surface area contributed by atoms with Crippen LogP contribution in [0.3, 0.4) is 0 Å². The van der Waals surface area contributed by atoms with Crippen LogP contribution in [0, 0.1) is 0 Å². The summed E-state index contributed by atoms with van der Waals surface area (Å²) in [7, 11) is 0. The second-order valence-corrected chi connectivity index (χ2v) is 6.12. The van der Waals surface area contributed by atoms with Crippen molar-refractivity contribution in [1.82, 2.24) is 0 Å². The van der Waals surface area contributed by atoms with Gasteiger partial charge in [0.1, 0.15) is 12.4 Å². The molecule has 0 unspecified atom stereocenters. The summed E-state index contributed by atoms with van der Waals surface area (Å²) in [5, 5.41) is 6.69. The lowest BCUT2D eigenvalue weighted by molar-refractivity contribution is -0.114. The Bertz CT molecular complexity index is 730. The molecule has 2 aromatic carbocycles. The van der Waals surface area contributed by atoms with Gasteiger partial charge in [-0.05, 0) is 55.0 Å². The fourth-order valence-electron chi connectivity index (χ4n) is 1.83. The van der Waals surface area contributed by atoms with Crippen LogP contribution in [0.25, 0.3) is 0 Å². The van der Waals surface area contributed by atoms with E-state index in [9.17, 15) is 4.79 Å². The van der Waals surface area contributed by atoms with Crippen molar-refractivity contribution in [2.45, 2.75) is 6.92 Å². The van der Waals surface area contributed by atoms with Gasteiger partial charge < -0.3 is 15.4 Å². The molecule has 0 spiro atoms. The molecule has 0 saturated carbocycles. The van der Waals surface area contributed by atoms with Crippen LogP contribution in [0.1, 0.15) is 6.92 Å². The normalized spacial score (nSPS) is 10.1. The van der Waals surface area contributed by atoms with E-state index in [0.717, 1.165) is 17.0 Å². The van der Waals surface area contributed by atoms with Crippen molar-refractivity contribution in [3.05, 3.63) is 64.7 Å². The van der Waals surface area contributed by atoms with Crippen LogP contribution >= 0.6 is 23.2 Å². The quantitative estimate of drug-likeness (QED) is 0.679. The van der Waals surface area contributed by atoms with Crippen LogP contribution in [0.5, 0.6) is 5.75 Å². The lowest BCUT2D eigenvalue weighted by Gasteiger charge is -2.10. The Morgan fingerprint density at radius 1 is 1.08 bits per heavy atom. The van der Waals surface area contributed by atoms with Crippen LogP contribution in [0.15, 0.2) is 54.6 Å². The molecule has 0 atom stereocenters. The number of nitrogens with one attached hydrogen (secondary N) is 2. The summed E-state index contributed by atoms with van der Waals surface area (Å²) in [5.41, 5.74) is 2.36. The zero-order valence-corrected chi connectivity index (χ0v) is 14.7. The molecule has 0 aliphatic carbocycles. The molecule has 6 heteroatoms. The molecule has 4 nitrogen and oxygen atoms in total.